The van der Waals surface area contributed by atoms with Gasteiger partial charge in [0.2, 0.25) is 0 Å². The van der Waals surface area contributed by atoms with Gasteiger partial charge in [-0.1, -0.05) is 0 Å². The van der Waals surface area contributed by atoms with Crippen LogP contribution in [0.4, 0.5) is 18.9 Å². The number of nitrogens with one attached hydrogen (secondary N) is 1. The van der Waals surface area contributed by atoms with Gasteiger partial charge in [-0.25, -0.2) is 4.79 Å². The third-order valence-electron chi connectivity index (χ3n) is 3.50. The summed E-state index contributed by atoms with van der Waals surface area (Å²) in [6.07, 6.45) is -4.97. The molecule has 0 heterocycles. The van der Waals surface area contributed by atoms with Crippen LogP contribution < -0.4 is 14.8 Å². The lowest BCUT2D eigenvalue weighted by atomic mass is 10.1. The number of benzene rings is 2. The largest absolute Gasteiger partial charge is 0.573 e. The summed E-state index contributed by atoms with van der Waals surface area (Å²) >= 11 is 3.08. The van der Waals surface area contributed by atoms with Gasteiger partial charge in [0, 0.05) is 11.3 Å². The number of amides is 1. The van der Waals surface area contributed by atoms with E-state index in [4.69, 9.17) is 9.84 Å². The number of carbonyl (C=O) groups excluding carboxylic acids is 1. The first kappa shape index (κ1) is 21.5. The summed E-state index contributed by atoms with van der Waals surface area (Å²) in [5.41, 5.74) is 0.660. The van der Waals surface area contributed by atoms with E-state index in [1.54, 1.807) is 13.8 Å². The Labute approximate surface area is 166 Å². The molecule has 0 spiro atoms. The topological polar surface area (TPSA) is 84.9 Å². The molecule has 0 atom stereocenters. The number of rotatable bonds is 6. The van der Waals surface area contributed by atoms with Gasteiger partial charge in [-0.3, -0.25) is 4.79 Å². The van der Waals surface area contributed by atoms with Crippen molar-refractivity contribution in [2.45, 2.75) is 20.2 Å². The molecule has 150 valence electrons. The summed E-state index contributed by atoms with van der Waals surface area (Å²) in [5, 5.41) is 11.5. The maximum atomic E-state index is 12.7. The first-order valence-corrected chi connectivity index (χ1v) is 8.68. The maximum absolute atomic E-state index is 12.7. The van der Waals surface area contributed by atoms with Crippen molar-refractivity contribution in [2.75, 3.05) is 11.9 Å². The summed E-state index contributed by atoms with van der Waals surface area (Å²) in [6, 6.07) is 6.35. The van der Waals surface area contributed by atoms with Crippen LogP contribution in [0.15, 0.2) is 34.8 Å². The highest BCUT2D eigenvalue weighted by Gasteiger charge is 2.33. The molecule has 0 aromatic heterocycles. The van der Waals surface area contributed by atoms with Crippen molar-refractivity contribution in [3.05, 3.63) is 51.5 Å². The van der Waals surface area contributed by atoms with Gasteiger partial charge in [0.15, 0.2) is 11.5 Å². The van der Waals surface area contributed by atoms with Gasteiger partial charge in [-0.2, -0.15) is 0 Å². The molecule has 10 heteroatoms. The van der Waals surface area contributed by atoms with Gasteiger partial charge in [0.05, 0.1) is 16.6 Å². The quantitative estimate of drug-likeness (QED) is 0.631. The number of hydrogen-bond acceptors (Lipinski definition) is 4. The summed E-state index contributed by atoms with van der Waals surface area (Å²) in [4.78, 5) is 23.5. The van der Waals surface area contributed by atoms with Crippen molar-refractivity contribution in [1.29, 1.82) is 0 Å². The number of ether oxygens (including phenoxy) is 2. The Morgan fingerprint density at radius 2 is 1.89 bits per heavy atom. The smallest absolute Gasteiger partial charge is 0.489 e. The third-order valence-corrected chi connectivity index (χ3v) is 4.09. The van der Waals surface area contributed by atoms with Crippen molar-refractivity contribution in [3.63, 3.8) is 0 Å². The van der Waals surface area contributed by atoms with Crippen LogP contribution in [-0.2, 0) is 0 Å². The Kier molecular flexibility index (Phi) is 6.55. The van der Waals surface area contributed by atoms with Crippen LogP contribution in [-0.4, -0.2) is 30.0 Å². The monoisotopic (exact) mass is 461 g/mol. The molecular weight excluding hydrogens is 447 g/mol. The number of anilines is 1. The van der Waals surface area contributed by atoms with E-state index in [0.717, 1.165) is 6.07 Å². The van der Waals surface area contributed by atoms with Crippen LogP contribution >= 0.6 is 15.9 Å². The number of hydrogen-bond donors (Lipinski definition) is 2. The standard InChI is InChI=1S/C18H15BrF3NO5/c1-3-27-15-13(19)7-10(8-14(15)28-18(20,21)22)16(24)23-11-4-5-12(17(25)26)9(2)6-11/h4-8H,3H2,1-2H3,(H,23,24)(H,25,26). The van der Waals surface area contributed by atoms with Crippen molar-refractivity contribution in [1.82, 2.24) is 0 Å². The van der Waals surface area contributed by atoms with E-state index in [2.05, 4.69) is 26.0 Å². The average Bonchev–Trinajstić information content (AvgIpc) is 2.56. The minimum absolute atomic E-state index is 0.0719. The molecule has 2 N–H and O–H groups in total. The second-order valence-electron chi connectivity index (χ2n) is 5.56. The zero-order valence-corrected chi connectivity index (χ0v) is 16.3. The highest BCUT2D eigenvalue weighted by Crippen LogP contribution is 2.39. The molecule has 0 saturated heterocycles. The van der Waals surface area contributed by atoms with E-state index in [9.17, 15) is 22.8 Å². The fourth-order valence-corrected chi connectivity index (χ4v) is 2.93. The molecule has 0 radical (unpaired) electrons. The molecule has 0 aliphatic rings. The van der Waals surface area contributed by atoms with Gasteiger partial charge >= 0.3 is 12.3 Å². The van der Waals surface area contributed by atoms with Crippen molar-refractivity contribution in [3.8, 4) is 11.5 Å². The SMILES string of the molecule is CCOc1c(Br)cc(C(=O)Nc2ccc(C(=O)O)c(C)c2)cc1OC(F)(F)F. The van der Waals surface area contributed by atoms with Crippen LogP contribution in [0.3, 0.4) is 0 Å². The summed E-state index contributed by atoms with van der Waals surface area (Å²) in [6.45, 7) is 3.24. The Hall–Kier alpha value is -2.75. The number of alkyl halides is 3. The highest BCUT2D eigenvalue weighted by atomic mass is 79.9. The number of halogens is 4. The zero-order chi connectivity index (χ0) is 21.1. The lowest BCUT2D eigenvalue weighted by Gasteiger charge is -2.16. The van der Waals surface area contributed by atoms with Crippen LogP contribution in [0.1, 0.15) is 33.2 Å². The predicted molar refractivity (Wildman–Crippen MR) is 98.1 cm³/mol. The minimum atomic E-state index is -4.97. The van der Waals surface area contributed by atoms with Gasteiger partial charge in [0.25, 0.3) is 5.91 Å². The van der Waals surface area contributed by atoms with Crippen molar-refractivity contribution < 1.29 is 37.3 Å². The number of aryl methyl sites for hydroxylation is 1. The lowest BCUT2D eigenvalue weighted by Crippen LogP contribution is -2.19. The van der Waals surface area contributed by atoms with Gasteiger partial charge in [-0.15, -0.1) is 13.2 Å². The van der Waals surface area contributed by atoms with Crippen LogP contribution in [0.5, 0.6) is 11.5 Å². The Morgan fingerprint density at radius 3 is 2.43 bits per heavy atom. The van der Waals surface area contributed by atoms with Gasteiger partial charge < -0.3 is 19.9 Å². The normalized spacial score (nSPS) is 11.1. The average molecular weight is 462 g/mol. The first-order valence-electron chi connectivity index (χ1n) is 7.89. The van der Waals surface area contributed by atoms with Gasteiger partial charge in [-0.05, 0) is 65.7 Å². The molecule has 0 saturated carbocycles. The molecule has 2 aromatic carbocycles. The first-order chi connectivity index (χ1) is 13.0. The molecular formula is C18H15BrF3NO5. The molecule has 0 bridgehead atoms. The number of carbonyl (C=O) groups is 2. The molecule has 1 amide bonds. The molecule has 2 rings (SSSR count). The van der Waals surface area contributed by atoms with Crippen molar-refractivity contribution in [2.24, 2.45) is 0 Å². The predicted octanol–water partition coefficient (Wildman–Crippen LogP) is 5.01. The maximum Gasteiger partial charge on any atom is 0.573 e. The summed E-state index contributed by atoms with van der Waals surface area (Å²) in [5.74, 6) is -2.66. The second kappa shape index (κ2) is 8.51. The molecule has 28 heavy (non-hydrogen) atoms. The Balaban J connectivity index is 2.34. The van der Waals surface area contributed by atoms with Crippen molar-refractivity contribution >= 4 is 33.5 Å². The molecule has 0 unspecified atom stereocenters. The summed E-state index contributed by atoms with van der Waals surface area (Å²) in [7, 11) is 0. The fraction of sp³-hybridized carbons (Fsp3) is 0.222. The number of carboxylic acids is 1. The van der Waals surface area contributed by atoms with Crippen LogP contribution in [0, 0.1) is 6.92 Å². The van der Waals surface area contributed by atoms with E-state index in [0.29, 0.717) is 5.56 Å². The number of carboxylic acid groups (broad SMARTS) is 1. The molecule has 0 aliphatic carbocycles. The van der Waals surface area contributed by atoms with Crippen LogP contribution in [0.25, 0.3) is 0 Å². The second-order valence-corrected chi connectivity index (χ2v) is 6.41. The lowest BCUT2D eigenvalue weighted by molar-refractivity contribution is -0.275. The third kappa shape index (κ3) is 5.38. The van der Waals surface area contributed by atoms with E-state index >= 15 is 0 Å². The van der Waals surface area contributed by atoms with E-state index in [1.165, 1.54) is 24.3 Å². The van der Waals surface area contributed by atoms with E-state index < -0.39 is 24.0 Å². The molecule has 6 nitrogen and oxygen atoms in total. The molecule has 2 aromatic rings. The fourth-order valence-electron chi connectivity index (χ4n) is 2.37. The zero-order valence-electron chi connectivity index (χ0n) is 14.7. The van der Waals surface area contributed by atoms with Gasteiger partial charge in [0.1, 0.15) is 0 Å². The molecule has 0 aliphatic heterocycles. The minimum Gasteiger partial charge on any atom is -0.489 e. The Morgan fingerprint density at radius 1 is 1.21 bits per heavy atom. The number of aromatic carboxylic acids is 1. The Bertz CT molecular complexity index is 915. The van der Waals surface area contributed by atoms with Crippen LogP contribution in [0.2, 0.25) is 0 Å². The van der Waals surface area contributed by atoms with E-state index in [-0.39, 0.29) is 33.6 Å². The van der Waals surface area contributed by atoms with E-state index in [1.807, 2.05) is 0 Å². The highest BCUT2D eigenvalue weighted by molar-refractivity contribution is 9.10. The molecule has 0 fully saturated rings. The summed E-state index contributed by atoms with van der Waals surface area (Å²) < 4.78 is 47.3.